The van der Waals surface area contributed by atoms with Crippen LogP contribution in [0, 0.1) is 11.6 Å². The summed E-state index contributed by atoms with van der Waals surface area (Å²) in [5, 5.41) is 0. The zero-order chi connectivity index (χ0) is 14.3. The van der Waals surface area contributed by atoms with Crippen LogP contribution >= 0.6 is 0 Å². The summed E-state index contributed by atoms with van der Waals surface area (Å²) >= 11 is 0. The van der Waals surface area contributed by atoms with Crippen LogP contribution < -0.4 is 4.90 Å². The maximum atomic E-state index is 13.6. The van der Waals surface area contributed by atoms with Crippen LogP contribution in [0.25, 0.3) is 22.4 Å². The Balaban J connectivity index is 2.08. The Morgan fingerprint density at radius 1 is 1.00 bits per heavy atom. The van der Waals surface area contributed by atoms with Crippen molar-refractivity contribution in [1.82, 2.24) is 9.97 Å². The van der Waals surface area contributed by atoms with Crippen molar-refractivity contribution < 1.29 is 8.78 Å². The summed E-state index contributed by atoms with van der Waals surface area (Å²) in [6.07, 6.45) is 0. The van der Waals surface area contributed by atoms with Gasteiger partial charge in [0.15, 0.2) is 11.6 Å². The van der Waals surface area contributed by atoms with E-state index in [0.29, 0.717) is 11.3 Å². The molecule has 0 saturated carbocycles. The highest BCUT2D eigenvalue weighted by Gasteiger charge is 2.12. The monoisotopic (exact) mass is 273 g/mol. The molecule has 3 rings (SSSR count). The van der Waals surface area contributed by atoms with Gasteiger partial charge in [-0.3, -0.25) is 0 Å². The van der Waals surface area contributed by atoms with E-state index in [1.807, 2.05) is 43.3 Å². The average molecular weight is 273 g/mol. The predicted octanol–water partition coefficient (Wildman–Crippen LogP) is 3.57. The van der Waals surface area contributed by atoms with Crippen LogP contribution in [-0.4, -0.2) is 24.1 Å². The molecule has 3 nitrogen and oxygen atoms in total. The van der Waals surface area contributed by atoms with Crippen molar-refractivity contribution in [3.05, 3.63) is 48.0 Å². The Morgan fingerprint density at radius 3 is 2.35 bits per heavy atom. The van der Waals surface area contributed by atoms with E-state index in [-0.39, 0.29) is 5.52 Å². The minimum Gasteiger partial charge on any atom is -0.378 e. The summed E-state index contributed by atoms with van der Waals surface area (Å²) < 4.78 is 26.8. The van der Waals surface area contributed by atoms with Gasteiger partial charge in [0.25, 0.3) is 0 Å². The van der Waals surface area contributed by atoms with Crippen LogP contribution in [0.2, 0.25) is 0 Å². The molecule has 0 aliphatic carbocycles. The van der Waals surface area contributed by atoms with E-state index in [1.165, 1.54) is 6.07 Å². The molecule has 0 atom stereocenters. The molecular weight excluding hydrogens is 260 g/mol. The van der Waals surface area contributed by atoms with E-state index >= 15 is 0 Å². The second-order valence-corrected chi connectivity index (χ2v) is 4.78. The summed E-state index contributed by atoms with van der Waals surface area (Å²) in [6.45, 7) is 0. The van der Waals surface area contributed by atoms with Crippen molar-refractivity contribution in [2.45, 2.75) is 0 Å². The normalized spacial score (nSPS) is 11.0. The van der Waals surface area contributed by atoms with Crippen molar-refractivity contribution in [2.75, 3.05) is 19.0 Å². The number of aromatic amines is 1. The lowest BCUT2D eigenvalue weighted by Gasteiger charge is -2.11. The summed E-state index contributed by atoms with van der Waals surface area (Å²) in [5.41, 5.74) is 2.39. The van der Waals surface area contributed by atoms with Crippen molar-refractivity contribution >= 4 is 16.7 Å². The van der Waals surface area contributed by atoms with Crippen molar-refractivity contribution in [1.29, 1.82) is 0 Å². The van der Waals surface area contributed by atoms with Gasteiger partial charge in [0.2, 0.25) is 0 Å². The quantitative estimate of drug-likeness (QED) is 0.774. The average Bonchev–Trinajstić information content (AvgIpc) is 2.88. The fourth-order valence-electron chi connectivity index (χ4n) is 2.07. The van der Waals surface area contributed by atoms with Crippen LogP contribution in [0.15, 0.2) is 36.4 Å². The molecule has 0 saturated heterocycles. The van der Waals surface area contributed by atoms with Gasteiger partial charge >= 0.3 is 0 Å². The van der Waals surface area contributed by atoms with E-state index in [2.05, 4.69) is 9.97 Å². The Morgan fingerprint density at radius 2 is 1.70 bits per heavy atom. The molecule has 102 valence electrons. The number of hydrogen-bond acceptors (Lipinski definition) is 2. The molecule has 0 spiro atoms. The van der Waals surface area contributed by atoms with Gasteiger partial charge in [-0.1, -0.05) is 0 Å². The third-order valence-corrected chi connectivity index (χ3v) is 3.20. The summed E-state index contributed by atoms with van der Waals surface area (Å²) in [5.74, 6) is -1.29. The van der Waals surface area contributed by atoms with E-state index in [1.54, 1.807) is 0 Å². The molecule has 0 radical (unpaired) electrons. The first-order valence-corrected chi connectivity index (χ1v) is 6.18. The second-order valence-electron chi connectivity index (χ2n) is 4.78. The lowest BCUT2D eigenvalue weighted by atomic mass is 10.2. The molecule has 0 amide bonds. The van der Waals surface area contributed by atoms with E-state index in [0.717, 1.165) is 17.3 Å². The number of nitrogens with one attached hydrogen (secondary N) is 1. The number of halogens is 2. The number of anilines is 1. The summed E-state index contributed by atoms with van der Waals surface area (Å²) in [6, 6.07) is 10.2. The molecule has 1 aromatic heterocycles. The number of benzene rings is 2. The SMILES string of the molecule is CN(C)c1ccc(-c2nc3c(F)c(F)ccc3[nH]2)cc1. The van der Waals surface area contributed by atoms with Crippen LogP contribution in [0.3, 0.4) is 0 Å². The summed E-state index contributed by atoms with van der Waals surface area (Å²) in [4.78, 5) is 9.11. The van der Waals surface area contributed by atoms with Gasteiger partial charge < -0.3 is 9.88 Å². The molecule has 1 heterocycles. The van der Waals surface area contributed by atoms with Crippen molar-refractivity contribution in [3.63, 3.8) is 0 Å². The second kappa shape index (κ2) is 4.59. The van der Waals surface area contributed by atoms with E-state index in [4.69, 9.17) is 0 Å². The fourth-order valence-corrected chi connectivity index (χ4v) is 2.07. The molecule has 0 bridgehead atoms. The predicted molar refractivity (Wildman–Crippen MR) is 75.8 cm³/mol. The molecule has 0 unspecified atom stereocenters. The zero-order valence-corrected chi connectivity index (χ0v) is 11.1. The maximum Gasteiger partial charge on any atom is 0.186 e. The molecule has 1 N–H and O–H groups in total. The zero-order valence-electron chi connectivity index (χ0n) is 11.1. The number of H-pyrrole nitrogens is 1. The lowest BCUT2D eigenvalue weighted by molar-refractivity contribution is 0.515. The maximum absolute atomic E-state index is 13.6. The van der Waals surface area contributed by atoms with Crippen LogP contribution in [0.4, 0.5) is 14.5 Å². The molecule has 20 heavy (non-hydrogen) atoms. The minimum absolute atomic E-state index is 0.0247. The molecule has 0 aliphatic rings. The van der Waals surface area contributed by atoms with E-state index in [9.17, 15) is 8.78 Å². The molecule has 5 heteroatoms. The molecular formula is C15H13F2N3. The van der Waals surface area contributed by atoms with Crippen LogP contribution in [0.1, 0.15) is 0 Å². The third-order valence-electron chi connectivity index (χ3n) is 3.20. The third kappa shape index (κ3) is 2.01. The highest BCUT2D eigenvalue weighted by atomic mass is 19.2. The fraction of sp³-hybridized carbons (Fsp3) is 0.133. The van der Waals surface area contributed by atoms with E-state index < -0.39 is 11.6 Å². The van der Waals surface area contributed by atoms with Gasteiger partial charge in [-0.05, 0) is 36.4 Å². The minimum atomic E-state index is -0.921. The molecule has 3 aromatic rings. The lowest BCUT2D eigenvalue weighted by Crippen LogP contribution is -2.07. The van der Waals surface area contributed by atoms with Gasteiger partial charge in [-0.25, -0.2) is 13.8 Å². The number of fused-ring (bicyclic) bond motifs is 1. The first-order chi connectivity index (χ1) is 9.56. The molecule has 0 aliphatic heterocycles. The molecule has 2 aromatic carbocycles. The largest absolute Gasteiger partial charge is 0.378 e. The summed E-state index contributed by atoms with van der Waals surface area (Å²) in [7, 11) is 3.91. The van der Waals surface area contributed by atoms with Gasteiger partial charge in [0.05, 0.1) is 5.52 Å². The van der Waals surface area contributed by atoms with Gasteiger partial charge in [0.1, 0.15) is 11.3 Å². The first kappa shape index (κ1) is 12.6. The Kier molecular flexibility index (Phi) is 2.89. The van der Waals surface area contributed by atoms with Gasteiger partial charge in [-0.2, -0.15) is 0 Å². The van der Waals surface area contributed by atoms with Gasteiger partial charge in [0, 0.05) is 25.3 Å². The number of aromatic nitrogens is 2. The smallest absolute Gasteiger partial charge is 0.186 e. The first-order valence-electron chi connectivity index (χ1n) is 6.18. The van der Waals surface area contributed by atoms with Crippen molar-refractivity contribution in [2.24, 2.45) is 0 Å². The standard InChI is InChI=1S/C15H13F2N3/c1-20(2)10-5-3-9(4-6-10)15-18-12-8-7-11(16)13(17)14(12)19-15/h3-8H,1-2H3,(H,18,19). The van der Waals surface area contributed by atoms with Crippen molar-refractivity contribution in [3.8, 4) is 11.4 Å². The Bertz CT molecular complexity index is 761. The number of rotatable bonds is 2. The highest BCUT2D eigenvalue weighted by Crippen LogP contribution is 2.25. The number of hydrogen-bond donors (Lipinski definition) is 1. The number of nitrogens with zero attached hydrogens (tertiary/aromatic N) is 2. The Hall–Kier alpha value is -2.43. The van der Waals surface area contributed by atoms with Crippen LogP contribution in [0.5, 0.6) is 0 Å². The Labute approximate surface area is 114 Å². The molecule has 0 fully saturated rings. The van der Waals surface area contributed by atoms with Crippen LogP contribution in [-0.2, 0) is 0 Å². The number of imidazole rings is 1. The highest BCUT2D eigenvalue weighted by molar-refractivity contribution is 5.80. The van der Waals surface area contributed by atoms with Gasteiger partial charge in [-0.15, -0.1) is 0 Å². The topological polar surface area (TPSA) is 31.9 Å².